The van der Waals surface area contributed by atoms with Gasteiger partial charge in [0.1, 0.15) is 11.6 Å². The van der Waals surface area contributed by atoms with Crippen molar-refractivity contribution >= 4 is 0 Å². The Morgan fingerprint density at radius 3 is 2.70 bits per heavy atom. The maximum Gasteiger partial charge on any atom is 0.437 e. The summed E-state index contributed by atoms with van der Waals surface area (Å²) in [5.41, 5.74) is 1.32. The van der Waals surface area contributed by atoms with Gasteiger partial charge in [-0.15, -0.1) is 5.10 Å². The first-order chi connectivity index (χ1) is 13.1. The first-order valence-corrected chi connectivity index (χ1v) is 8.28. The van der Waals surface area contributed by atoms with Crippen molar-refractivity contribution in [3.63, 3.8) is 0 Å². The molecule has 2 aromatic carbocycles. The van der Waals surface area contributed by atoms with Crippen molar-refractivity contribution < 1.29 is 23.4 Å². The van der Waals surface area contributed by atoms with E-state index in [1.165, 1.54) is 24.3 Å². The highest BCUT2D eigenvalue weighted by molar-refractivity contribution is 5.51. The van der Waals surface area contributed by atoms with Crippen LogP contribution < -0.4 is 10.5 Å². The van der Waals surface area contributed by atoms with Crippen molar-refractivity contribution in [1.82, 2.24) is 9.78 Å². The summed E-state index contributed by atoms with van der Waals surface area (Å²) in [7, 11) is 1.57. The maximum atomic E-state index is 13.0. The van der Waals surface area contributed by atoms with Crippen LogP contribution in [0.15, 0.2) is 57.7 Å². The van der Waals surface area contributed by atoms with Crippen molar-refractivity contribution in [3.8, 4) is 17.2 Å². The van der Waals surface area contributed by atoms with Gasteiger partial charge in [-0.1, -0.05) is 18.2 Å². The molecule has 0 radical (unpaired) electrons. The number of benzene rings is 2. The lowest BCUT2D eigenvalue weighted by Crippen LogP contribution is -2.28. The zero-order valence-corrected chi connectivity index (χ0v) is 14.7. The number of aromatic nitrogens is 2. The first kappa shape index (κ1) is 18.8. The lowest BCUT2D eigenvalue weighted by atomic mass is 10.2. The minimum absolute atomic E-state index is 0.00320. The quantitative estimate of drug-likeness (QED) is 0.651. The average molecular weight is 374 g/mol. The second-order valence-corrected chi connectivity index (χ2v) is 5.84. The Morgan fingerprint density at radius 2 is 1.96 bits per heavy atom. The smallest absolute Gasteiger partial charge is 0.437 e. The van der Waals surface area contributed by atoms with Gasteiger partial charge in [0.05, 0.1) is 33.0 Å². The summed E-state index contributed by atoms with van der Waals surface area (Å²) in [5.74, 6) is -0.355. The first-order valence-electron chi connectivity index (χ1n) is 8.28. The van der Waals surface area contributed by atoms with Gasteiger partial charge in [0.2, 0.25) is 5.89 Å². The molecule has 0 amide bonds. The van der Waals surface area contributed by atoms with E-state index in [1.54, 1.807) is 7.11 Å². The minimum Gasteiger partial charge on any atom is -0.496 e. The van der Waals surface area contributed by atoms with Crippen LogP contribution in [0, 0.1) is 5.82 Å². The molecule has 0 saturated heterocycles. The van der Waals surface area contributed by atoms with Gasteiger partial charge in [-0.2, -0.15) is 4.68 Å². The molecule has 0 spiro atoms. The number of halogens is 1. The van der Waals surface area contributed by atoms with E-state index in [9.17, 15) is 14.3 Å². The fraction of sp³-hybridized carbons (Fsp3) is 0.263. The van der Waals surface area contributed by atoms with E-state index in [1.807, 2.05) is 24.3 Å². The fourth-order valence-corrected chi connectivity index (χ4v) is 2.51. The molecule has 1 aromatic heterocycles. The summed E-state index contributed by atoms with van der Waals surface area (Å²) in [4.78, 5) is 11.9. The van der Waals surface area contributed by atoms with Gasteiger partial charge >= 0.3 is 5.76 Å². The van der Waals surface area contributed by atoms with Crippen molar-refractivity contribution in [2.45, 2.75) is 19.3 Å². The number of para-hydroxylation sites is 1. The third kappa shape index (κ3) is 4.81. The Morgan fingerprint density at radius 1 is 1.22 bits per heavy atom. The number of aliphatic hydroxyl groups excluding tert-OH is 1. The Hall–Kier alpha value is -2.97. The molecule has 0 aliphatic rings. The van der Waals surface area contributed by atoms with Crippen LogP contribution in [0.3, 0.4) is 0 Å². The number of hydrogen-bond donors (Lipinski definition) is 1. The lowest BCUT2D eigenvalue weighted by molar-refractivity contribution is 0.0173. The predicted octanol–water partition coefficient (Wildman–Crippen LogP) is 2.23. The summed E-state index contributed by atoms with van der Waals surface area (Å²) >= 11 is 0. The zero-order chi connectivity index (χ0) is 19.2. The number of methoxy groups -OCH3 is 1. The standard InChI is InChI=1S/C19H19FN2O5/c1-25-17-5-3-2-4-14(17)11-26-12-16(23)10-22-19(24)27-18(21-22)13-6-8-15(20)9-7-13/h2-9,16,23H,10-12H2,1H3. The van der Waals surface area contributed by atoms with E-state index >= 15 is 0 Å². The normalized spacial score (nSPS) is 12.1. The molecule has 0 bridgehead atoms. The molecular formula is C19H19FN2O5. The maximum absolute atomic E-state index is 13.0. The molecule has 1 unspecified atom stereocenters. The van der Waals surface area contributed by atoms with Crippen LogP contribution in [0.1, 0.15) is 5.56 Å². The lowest BCUT2D eigenvalue weighted by Gasteiger charge is -2.12. The highest BCUT2D eigenvalue weighted by Crippen LogP contribution is 2.18. The Kier molecular flexibility index (Phi) is 6.00. The Labute approximate surface area is 154 Å². The number of hydrogen-bond acceptors (Lipinski definition) is 6. The summed E-state index contributed by atoms with van der Waals surface area (Å²) in [6.07, 6.45) is -0.955. The molecule has 0 aliphatic heterocycles. The highest BCUT2D eigenvalue weighted by atomic mass is 19.1. The largest absolute Gasteiger partial charge is 0.496 e. The SMILES string of the molecule is COc1ccccc1COCC(O)Cn1nc(-c2ccc(F)cc2)oc1=O. The summed E-state index contributed by atoms with van der Waals surface area (Å²) in [6, 6.07) is 12.8. The molecular weight excluding hydrogens is 355 g/mol. The molecule has 8 heteroatoms. The second-order valence-electron chi connectivity index (χ2n) is 5.84. The molecule has 27 heavy (non-hydrogen) atoms. The van der Waals surface area contributed by atoms with Crippen LogP contribution in [0.5, 0.6) is 5.75 Å². The number of aliphatic hydroxyl groups is 1. The minimum atomic E-state index is -0.955. The van der Waals surface area contributed by atoms with Crippen LogP contribution in [0.2, 0.25) is 0 Å². The van der Waals surface area contributed by atoms with Crippen LogP contribution in [0.25, 0.3) is 11.5 Å². The van der Waals surface area contributed by atoms with Crippen LogP contribution in [-0.2, 0) is 17.9 Å². The van der Waals surface area contributed by atoms with Gasteiger partial charge in [0.15, 0.2) is 0 Å². The van der Waals surface area contributed by atoms with Crippen LogP contribution in [-0.4, -0.2) is 34.7 Å². The van der Waals surface area contributed by atoms with Crippen LogP contribution in [0.4, 0.5) is 4.39 Å². The van der Waals surface area contributed by atoms with E-state index in [2.05, 4.69) is 5.10 Å². The molecule has 3 rings (SSSR count). The monoisotopic (exact) mass is 374 g/mol. The van der Waals surface area contributed by atoms with Crippen LogP contribution >= 0.6 is 0 Å². The summed E-state index contributed by atoms with van der Waals surface area (Å²) in [5, 5.41) is 14.1. The summed E-state index contributed by atoms with van der Waals surface area (Å²) < 4.78 is 29.8. The predicted molar refractivity (Wildman–Crippen MR) is 94.8 cm³/mol. The number of rotatable bonds is 8. The number of nitrogens with zero attached hydrogens (tertiary/aromatic N) is 2. The van der Waals surface area contributed by atoms with E-state index in [4.69, 9.17) is 13.9 Å². The third-order valence-corrected chi connectivity index (χ3v) is 3.84. The van der Waals surface area contributed by atoms with Gasteiger partial charge in [0.25, 0.3) is 0 Å². The molecule has 0 aliphatic carbocycles. The Balaban J connectivity index is 1.57. The van der Waals surface area contributed by atoms with Gasteiger partial charge in [-0.3, -0.25) is 0 Å². The van der Waals surface area contributed by atoms with E-state index in [0.29, 0.717) is 11.3 Å². The molecule has 1 heterocycles. The number of ether oxygens (including phenoxy) is 2. The topological polar surface area (TPSA) is 86.7 Å². The Bertz CT molecular complexity index is 936. The van der Waals surface area contributed by atoms with Gasteiger partial charge in [-0.25, -0.2) is 9.18 Å². The van der Waals surface area contributed by atoms with E-state index in [-0.39, 0.29) is 25.6 Å². The zero-order valence-electron chi connectivity index (χ0n) is 14.7. The van der Waals surface area contributed by atoms with E-state index in [0.717, 1.165) is 10.2 Å². The van der Waals surface area contributed by atoms with Crippen molar-refractivity contribution in [2.24, 2.45) is 0 Å². The fourth-order valence-electron chi connectivity index (χ4n) is 2.51. The molecule has 1 N–H and O–H groups in total. The van der Waals surface area contributed by atoms with Gasteiger partial charge in [0, 0.05) is 11.1 Å². The molecule has 0 fully saturated rings. The average Bonchev–Trinajstić information content (AvgIpc) is 3.03. The third-order valence-electron chi connectivity index (χ3n) is 3.84. The van der Waals surface area contributed by atoms with Crippen molar-refractivity contribution in [3.05, 3.63) is 70.5 Å². The molecule has 142 valence electrons. The van der Waals surface area contributed by atoms with Crippen molar-refractivity contribution in [1.29, 1.82) is 0 Å². The molecule has 0 saturated carbocycles. The highest BCUT2D eigenvalue weighted by Gasteiger charge is 2.14. The van der Waals surface area contributed by atoms with Crippen molar-refractivity contribution in [2.75, 3.05) is 13.7 Å². The molecule has 3 aromatic rings. The van der Waals surface area contributed by atoms with Gasteiger partial charge in [-0.05, 0) is 30.3 Å². The molecule has 1 atom stereocenters. The van der Waals surface area contributed by atoms with E-state index < -0.39 is 17.7 Å². The summed E-state index contributed by atoms with van der Waals surface area (Å²) in [6.45, 7) is 0.175. The molecule has 7 nitrogen and oxygen atoms in total. The second kappa shape index (κ2) is 8.61. The van der Waals surface area contributed by atoms with Gasteiger partial charge < -0.3 is 19.0 Å².